The molecule has 1 atom stereocenters. The van der Waals surface area contributed by atoms with Gasteiger partial charge in [-0.2, -0.15) is 4.28 Å². The van der Waals surface area contributed by atoms with Crippen molar-refractivity contribution in [2.45, 2.75) is 27.7 Å². The quantitative estimate of drug-likeness (QED) is 0.588. The van der Waals surface area contributed by atoms with Crippen molar-refractivity contribution in [3.05, 3.63) is 36.2 Å². The molecule has 0 spiro atoms. The van der Waals surface area contributed by atoms with E-state index in [2.05, 4.69) is 9.60 Å². The van der Waals surface area contributed by atoms with Gasteiger partial charge in [-0.25, -0.2) is 9.69 Å². The van der Waals surface area contributed by atoms with Crippen molar-refractivity contribution in [2.75, 3.05) is 0 Å². The smallest absolute Gasteiger partial charge is 0.241 e. The molecule has 104 valence electrons. The maximum Gasteiger partial charge on any atom is 0.241 e. The van der Waals surface area contributed by atoms with Gasteiger partial charge in [0.15, 0.2) is 0 Å². The Kier molecular flexibility index (Phi) is 14.3. The predicted molar refractivity (Wildman–Crippen MR) is 70.3 cm³/mol. The van der Waals surface area contributed by atoms with E-state index in [0.29, 0.717) is 0 Å². The zero-order valence-corrected chi connectivity index (χ0v) is 11.7. The molecule has 0 radical (unpaired) electrons. The molecule has 7 heteroatoms. The van der Waals surface area contributed by atoms with Gasteiger partial charge in [0, 0.05) is 18.8 Å². The maximum atomic E-state index is 9.84. The molecule has 0 aliphatic carbocycles. The summed E-state index contributed by atoms with van der Waals surface area (Å²) in [5.74, 6) is -0.561. The molecule has 1 amide bonds. The van der Waals surface area contributed by atoms with E-state index in [1.165, 1.54) is 5.70 Å². The summed E-state index contributed by atoms with van der Waals surface area (Å²) in [5, 5.41) is 3.06. The van der Waals surface area contributed by atoms with Crippen molar-refractivity contribution < 1.29 is 17.8 Å². The molecule has 0 saturated carbocycles. The number of hydrogen-bond acceptors (Lipinski definition) is 5. The monoisotopic (exact) mass is 275 g/mol. The van der Waals surface area contributed by atoms with Gasteiger partial charge in [-0.3, -0.25) is 4.79 Å². The van der Waals surface area contributed by atoms with E-state index in [1.54, 1.807) is 5.48 Å². The highest BCUT2D eigenvalue weighted by Crippen LogP contribution is 1.91. The molecule has 2 N–H and O–H groups in total. The fraction of sp³-hybridized carbons (Fsp3) is 0.364. The molecule has 0 aromatic carbocycles. The number of hydrogen-bond donors (Lipinski definition) is 2. The lowest BCUT2D eigenvalue weighted by Crippen LogP contribution is -2.21. The minimum Gasteiger partial charge on any atom is -0.748 e. The average Bonchev–Trinajstić information content (AvgIpc) is 2.58. The molecule has 0 saturated heterocycles. The van der Waals surface area contributed by atoms with E-state index in [9.17, 15) is 13.6 Å². The Balaban J connectivity index is 0. The van der Waals surface area contributed by atoms with Gasteiger partial charge in [0.25, 0.3) is 0 Å². The summed E-state index contributed by atoms with van der Waals surface area (Å²) in [7, 11) is 0. The zero-order chi connectivity index (χ0) is 14.4. The van der Waals surface area contributed by atoms with Crippen LogP contribution in [0.25, 0.3) is 0 Å². The SMILES string of the molecule is CC.CC(=O)NOS(=O)[O-].CC1=CC=CC=CN1. The van der Waals surface area contributed by atoms with Gasteiger partial charge in [-0.1, -0.05) is 26.0 Å². The molecule has 0 bridgehead atoms. The van der Waals surface area contributed by atoms with Crippen LogP contribution in [-0.4, -0.2) is 14.7 Å². The van der Waals surface area contributed by atoms with Gasteiger partial charge in [-0.05, 0) is 19.1 Å². The summed E-state index contributed by atoms with van der Waals surface area (Å²) >= 11 is -2.67. The highest BCUT2D eigenvalue weighted by Gasteiger charge is 1.86. The van der Waals surface area contributed by atoms with E-state index >= 15 is 0 Å². The first-order valence-corrected chi connectivity index (χ1v) is 6.32. The Labute approximate surface area is 110 Å². The van der Waals surface area contributed by atoms with E-state index in [1.807, 2.05) is 51.3 Å². The number of carbonyl (C=O) groups is 1. The van der Waals surface area contributed by atoms with Crippen molar-refractivity contribution in [1.29, 1.82) is 0 Å². The third kappa shape index (κ3) is 17.0. The van der Waals surface area contributed by atoms with Crippen LogP contribution in [0.2, 0.25) is 0 Å². The number of carbonyl (C=O) groups excluding carboxylic acids is 1. The fourth-order valence-electron chi connectivity index (χ4n) is 0.640. The molecular weight excluding hydrogens is 256 g/mol. The Morgan fingerprint density at radius 1 is 1.39 bits per heavy atom. The first-order chi connectivity index (χ1) is 8.52. The Morgan fingerprint density at radius 3 is 2.44 bits per heavy atom. The van der Waals surface area contributed by atoms with Crippen molar-refractivity contribution >= 4 is 17.3 Å². The Bertz CT molecular complexity index is 324. The first kappa shape index (κ1) is 18.9. The molecule has 18 heavy (non-hydrogen) atoms. The van der Waals surface area contributed by atoms with E-state index in [-0.39, 0.29) is 0 Å². The van der Waals surface area contributed by atoms with Crippen molar-refractivity contribution in [3.63, 3.8) is 0 Å². The lowest BCUT2D eigenvalue weighted by Gasteiger charge is -2.02. The molecule has 0 fully saturated rings. The molecule has 1 aliphatic heterocycles. The second-order valence-electron chi connectivity index (χ2n) is 2.68. The van der Waals surface area contributed by atoms with Gasteiger partial charge in [0.1, 0.15) is 11.4 Å². The minimum atomic E-state index is -2.67. The average molecular weight is 275 g/mol. The van der Waals surface area contributed by atoms with Crippen LogP contribution in [0.1, 0.15) is 27.7 Å². The van der Waals surface area contributed by atoms with Gasteiger partial charge in [-0.15, -0.1) is 0 Å². The van der Waals surface area contributed by atoms with E-state index in [0.717, 1.165) is 6.92 Å². The summed E-state index contributed by atoms with van der Waals surface area (Å²) in [4.78, 5) is 9.84. The van der Waals surface area contributed by atoms with Gasteiger partial charge < -0.3 is 9.87 Å². The molecule has 1 unspecified atom stereocenters. The van der Waals surface area contributed by atoms with Crippen LogP contribution in [0.5, 0.6) is 0 Å². The number of rotatable bonds is 2. The number of nitrogens with one attached hydrogen (secondary N) is 2. The van der Waals surface area contributed by atoms with Crippen LogP contribution in [0, 0.1) is 0 Å². The third-order valence-corrected chi connectivity index (χ3v) is 1.45. The summed E-state index contributed by atoms with van der Waals surface area (Å²) in [6.07, 6.45) is 9.90. The summed E-state index contributed by atoms with van der Waals surface area (Å²) in [6.45, 7) is 7.16. The first-order valence-electron chi connectivity index (χ1n) is 5.32. The van der Waals surface area contributed by atoms with E-state index < -0.39 is 17.3 Å². The van der Waals surface area contributed by atoms with Gasteiger partial charge in [0.05, 0.1) is 0 Å². The van der Waals surface area contributed by atoms with Crippen molar-refractivity contribution in [3.8, 4) is 0 Å². The fourth-order valence-corrected chi connectivity index (χ4v) is 0.825. The number of allylic oxidation sites excluding steroid dienone is 5. The summed E-state index contributed by atoms with van der Waals surface area (Å²) < 4.78 is 22.6. The van der Waals surface area contributed by atoms with Crippen LogP contribution >= 0.6 is 0 Å². The minimum absolute atomic E-state index is 0.561. The number of hydroxylamine groups is 1. The second-order valence-corrected chi connectivity index (χ2v) is 3.26. The normalized spacial score (nSPS) is 13.5. The molecular formula is C11H19N2O4S-. The molecule has 6 nitrogen and oxygen atoms in total. The summed E-state index contributed by atoms with van der Waals surface area (Å²) in [5.41, 5.74) is 2.77. The van der Waals surface area contributed by atoms with Crippen LogP contribution in [0.3, 0.4) is 0 Å². The molecule has 1 rings (SSSR count). The Morgan fingerprint density at radius 2 is 2.00 bits per heavy atom. The highest BCUT2D eigenvalue weighted by atomic mass is 32.2. The maximum absolute atomic E-state index is 9.84. The highest BCUT2D eigenvalue weighted by molar-refractivity contribution is 7.74. The molecule has 0 aromatic rings. The second kappa shape index (κ2) is 13.6. The van der Waals surface area contributed by atoms with Crippen LogP contribution in [-0.2, 0) is 20.4 Å². The lowest BCUT2D eigenvalue weighted by molar-refractivity contribution is -0.125. The molecule has 0 aromatic heterocycles. The van der Waals surface area contributed by atoms with Crippen LogP contribution in [0.4, 0.5) is 0 Å². The van der Waals surface area contributed by atoms with Crippen LogP contribution < -0.4 is 10.8 Å². The Hall–Kier alpha value is -1.44. The lowest BCUT2D eigenvalue weighted by atomic mass is 10.4. The predicted octanol–water partition coefficient (Wildman–Crippen LogP) is 1.44. The topological polar surface area (TPSA) is 90.5 Å². The third-order valence-electron chi connectivity index (χ3n) is 1.23. The summed E-state index contributed by atoms with van der Waals surface area (Å²) in [6, 6.07) is 0. The van der Waals surface area contributed by atoms with Gasteiger partial charge in [0.2, 0.25) is 5.91 Å². The van der Waals surface area contributed by atoms with Gasteiger partial charge >= 0.3 is 0 Å². The standard InChI is InChI=1S/C7H9N.C2H5NO4S.C2H6/c1-7-5-3-2-4-6-8-7;1-2(4)3-7-8(5)6;1-2/h2-6,8H,1H3;1H3,(H,3,4)(H,5,6);1-2H3/p-1. The van der Waals surface area contributed by atoms with Crippen LogP contribution in [0.15, 0.2) is 36.2 Å². The molecule has 1 aliphatic rings. The number of amides is 1. The largest absolute Gasteiger partial charge is 0.748 e. The molecule has 1 heterocycles. The van der Waals surface area contributed by atoms with Crippen molar-refractivity contribution in [1.82, 2.24) is 10.8 Å². The van der Waals surface area contributed by atoms with Crippen molar-refractivity contribution in [2.24, 2.45) is 0 Å². The van der Waals surface area contributed by atoms with E-state index in [4.69, 9.17) is 0 Å². The zero-order valence-electron chi connectivity index (χ0n) is 10.9.